The smallest absolute Gasteiger partial charge is 0.246 e. The third-order valence-electron chi connectivity index (χ3n) is 4.11. The van der Waals surface area contributed by atoms with Crippen molar-refractivity contribution in [1.82, 2.24) is 25.1 Å². The van der Waals surface area contributed by atoms with Gasteiger partial charge in [-0.1, -0.05) is 43.3 Å². The summed E-state index contributed by atoms with van der Waals surface area (Å²) < 4.78 is 12.9. The predicted octanol–water partition coefficient (Wildman–Crippen LogP) is 2.70. The maximum Gasteiger partial charge on any atom is 0.246 e. The van der Waals surface area contributed by atoms with E-state index in [4.69, 9.17) is 0 Å². The molecule has 0 fully saturated rings. The second kappa shape index (κ2) is 7.86. The first-order valence-electron chi connectivity index (χ1n) is 8.40. The van der Waals surface area contributed by atoms with Gasteiger partial charge < -0.3 is 4.90 Å². The summed E-state index contributed by atoms with van der Waals surface area (Å²) in [5, 5.41) is 12.2. The number of benzene rings is 2. The molecule has 0 radical (unpaired) electrons. The van der Waals surface area contributed by atoms with Crippen LogP contribution in [0, 0.1) is 5.82 Å². The van der Waals surface area contributed by atoms with Gasteiger partial charge in [0.25, 0.3) is 0 Å². The van der Waals surface area contributed by atoms with Gasteiger partial charge in [0.1, 0.15) is 12.4 Å². The zero-order chi connectivity index (χ0) is 18.5. The molecule has 0 saturated carbocycles. The van der Waals surface area contributed by atoms with E-state index >= 15 is 0 Å². The molecule has 1 heterocycles. The molecule has 3 aromatic rings. The number of tetrazole rings is 1. The number of aryl methyl sites for hydroxylation is 1. The van der Waals surface area contributed by atoms with Crippen molar-refractivity contribution in [1.29, 1.82) is 0 Å². The van der Waals surface area contributed by atoms with Crippen molar-refractivity contribution < 1.29 is 9.18 Å². The highest BCUT2D eigenvalue weighted by Gasteiger charge is 2.13. The van der Waals surface area contributed by atoms with Crippen LogP contribution in [0.3, 0.4) is 0 Å². The van der Waals surface area contributed by atoms with E-state index in [1.54, 1.807) is 24.1 Å². The molecule has 0 bridgehead atoms. The monoisotopic (exact) mass is 353 g/mol. The molecule has 6 nitrogen and oxygen atoms in total. The van der Waals surface area contributed by atoms with E-state index in [1.807, 2.05) is 24.3 Å². The molecule has 0 aliphatic heterocycles. The summed E-state index contributed by atoms with van der Waals surface area (Å²) in [5.74, 6) is 0.0373. The first-order valence-corrected chi connectivity index (χ1v) is 8.40. The van der Waals surface area contributed by atoms with Gasteiger partial charge in [-0.05, 0) is 34.9 Å². The standard InChI is InChI=1S/C19H20FN5O/c1-3-14-4-8-16(9-5-14)19-21-23-25(22-19)13-18(26)24(2)12-15-6-10-17(20)11-7-15/h4-11H,3,12-13H2,1-2H3. The summed E-state index contributed by atoms with van der Waals surface area (Å²) in [6, 6.07) is 14.0. The molecule has 0 N–H and O–H groups in total. The van der Waals surface area contributed by atoms with Gasteiger partial charge in [-0.25, -0.2) is 4.39 Å². The van der Waals surface area contributed by atoms with Crippen LogP contribution in [0.15, 0.2) is 48.5 Å². The Hall–Kier alpha value is -3.09. The topological polar surface area (TPSA) is 63.9 Å². The molecule has 1 aromatic heterocycles. The molecule has 0 spiro atoms. The molecule has 0 aliphatic rings. The van der Waals surface area contributed by atoms with Crippen LogP contribution in [0.4, 0.5) is 4.39 Å². The van der Waals surface area contributed by atoms with E-state index in [9.17, 15) is 9.18 Å². The third-order valence-corrected chi connectivity index (χ3v) is 4.11. The zero-order valence-corrected chi connectivity index (χ0v) is 14.8. The van der Waals surface area contributed by atoms with Crippen LogP contribution in [-0.2, 0) is 24.3 Å². The van der Waals surface area contributed by atoms with Gasteiger partial charge in [0.15, 0.2) is 0 Å². The van der Waals surface area contributed by atoms with Crippen molar-refractivity contribution in [3.8, 4) is 11.4 Å². The van der Waals surface area contributed by atoms with Crippen molar-refractivity contribution in [2.24, 2.45) is 0 Å². The lowest BCUT2D eigenvalue weighted by Gasteiger charge is -2.16. The van der Waals surface area contributed by atoms with Crippen molar-refractivity contribution in [3.63, 3.8) is 0 Å². The minimum absolute atomic E-state index is 0.00224. The molecule has 1 amide bonds. The van der Waals surface area contributed by atoms with E-state index in [2.05, 4.69) is 22.3 Å². The summed E-state index contributed by atoms with van der Waals surface area (Å²) in [7, 11) is 1.69. The van der Waals surface area contributed by atoms with Crippen LogP contribution < -0.4 is 0 Å². The average molecular weight is 353 g/mol. The Morgan fingerprint density at radius 2 is 1.73 bits per heavy atom. The van der Waals surface area contributed by atoms with Gasteiger partial charge in [0, 0.05) is 19.2 Å². The number of nitrogens with zero attached hydrogens (tertiary/aromatic N) is 5. The quantitative estimate of drug-likeness (QED) is 0.683. The largest absolute Gasteiger partial charge is 0.340 e. The Kier molecular flexibility index (Phi) is 5.36. The Bertz CT molecular complexity index is 874. The van der Waals surface area contributed by atoms with Crippen molar-refractivity contribution in [2.45, 2.75) is 26.4 Å². The molecule has 7 heteroatoms. The Labute approximate surface area is 151 Å². The highest BCUT2D eigenvalue weighted by atomic mass is 19.1. The number of hydrogen-bond donors (Lipinski definition) is 0. The fourth-order valence-electron chi connectivity index (χ4n) is 2.51. The van der Waals surface area contributed by atoms with E-state index in [1.165, 1.54) is 22.5 Å². The normalized spacial score (nSPS) is 10.7. The number of rotatable bonds is 6. The van der Waals surface area contributed by atoms with Crippen LogP contribution in [0.5, 0.6) is 0 Å². The summed E-state index contributed by atoms with van der Waals surface area (Å²) in [4.78, 5) is 15.2. The minimum atomic E-state index is -0.297. The highest BCUT2D eigenvalue weighted by Crippen LogP contribution is 2.14. The lowest BCUT2D eigenvalue weighted by atomic mass is 10.1. The number of carbonyl (C=O) groups excluding carboxylic acids is 1. The molecule has 134 valence electrons. The first kappa shape index (κ1) is 17.7. The lowest BCUT2D eigenvalue weighted by molar-refractivity contribution is -0.131. The molecule has 0 aliphatic carbocycles. The van der Waals surface area contributed by atoms with Crippen molar-refractivity contribution in [3.05, 3.63) is 65.5 Å². The highest BCUT2D eigenvalue weighted by molar-refractivity contribution is 5.75. The average Bonchev–Trinajstić information content (AvgIpc) is 3.12. The first-order chi connectivity index (χ1) is 12.5. The molecule has 0 saturated heterocycles. The number of aromatic nitrogens is 4. The Balaban J connectivity index is 1.62. The third kappa shape index (κ3) is 4.30. The van der Waals surface area contributed by atoms with Gasteiger partial charge in [-0.3, -0.25) is 4.79 Å². The maximum absolute atomic E-state index is 12.9. The number of amides is 1. The number of hydrogen-bond acceptors (Lipinski definition) is 4. The second-order valence-corrected chi connectivity index (χ2v) is 6.07. The van der Waals surface area contributed by atoms with Gasteiger partial charge in [-0.15, -0.1) is 10.2 Å². The molecular formula is C19H20FN5O. The van der Waals surface area contributed by atoms with Crippen LogP contribution in [-0.4, -0.2) is 38.1 Å². The lowest BCUT2D eigenvalue weighted by Crippen LogP contribution is -2.30. The fraction of sp³-hybridized carbons (Fsp3) is 0.263. The fourth-order valence-corrected chi connectivity index (χ4v) is 2.51. The minimum Gasteiger partial charge on any atom is -0.340 e. The van der Waals surface area contributed by atoms with E-state index in [0.717, 1.165) is 17.5 Å². The summed E-state index contributed by atoms with van der Waals surface area (Å²) >= 11 is 0. The Morgan fingerprint density at radius 3 is 2.38 bits per heavy atom. The molecule has 26 heavy (non-hydrogen) atoms. The zero-order valence-electron chi connectivity index (χ0n) is 14.8. The summed E-state index contributed by atoms with van der Waals surface area (Å²) in [5.41, 5.74) is 2.95. The SMILES string of the molecule is CCc1ccc(-c2nnn(CC(=O)N(C)Cc3ccc(F)cc3)n2)cc1. The number of likely N-dealkylation sites (N-methyl/N-ethyl adjacent to an activating group) is 1. The molecule has 3 rings (SSSR count). The van der Waals surface area contributed by atoms with E-state index in [-0.39, 0.29) is 18.3 Å². The van der Waals surface area contributed by atoms with Gasteiger partial charge >= 0.3 is 0 Å². The number of carbonyl (C=O) groups is 1. The van der Waals surface area contributed by atoms with Crippen LogP contribution in [0.2, 0.25) is 0 Å². The molecule has 2 aromatic carbocycles. The molecule has 0 unspecified atom stereocenters. The van der Waals surface area contributed by atoms with Gasteiger partial charge in [0.2, 0.25) is 11.7 Å². The van der Waals surface area contributed by atoms with Crippen LogP contribution in [0.1, 0.15) is 18.1 Å². The van der Waals surface area contributed by atoms with Crippen molar-refractivity contribution >= 4 is 5.91 Å². The molecular weight excluding hydrogens is 333 g/mol. The maximum atomic E-state index is 12.9. The summed E-state index contributed by atoms with van der Waals surface area (Å²) in [6.07, 6.45) is 0.968. The molecule has 0 atom stereocenters. The van der Waals surface area contributed by atoms with Gasteiger partial charge in [0.05, 0.1) is 0 Å². The number of halogens is 1. The second-order valence-electron chi connectivity index (χ2n) is 6.07. The van der Waals surface area contributed by atoms with Crippen LogP contribution >= 0.6 is 0 Å². The Morgan fingerprint density at radius 1 is 1.08 bits per heavy atom. The summed E-state index contributed by atoms with van der Waals surface area (Å²) in [6.45, 7) is 2.48. The van der Waals surface area contributed by atoms with Crippen LogP contribution in [0.25, 0.3) is 11.4 Å². The van der Waals surface area contributed by atoms with E-state index in [0.29, 0.717) is 12.4 Å². The van der Waals surface area contributed by atoms with E-state index < -0.39 is 0 Å². The predicted molar refractivity (Wildman–Crippen MR) is 95.5 cm³/mol. The van der Waals surface area contributed by atoms with Gasteiger partial charge in [-0.2, -0.15) is 4.80 Å². The van der Waals surface area contributed by atoms with Crippen molar-refractivity contribution in [2.75, 3.05) is 7.05 Å².